The number of hydrogen-bond acceptors (Lipinski definition) is 1. The summed E-state index contributed by atoms with van der Waals surface area (Å²) in [5, 5.41) is 2.52. The van der Waals surface area contributed by atoms with Crippen molar-refractivity contribution in [3.63, 3.8) is 0 Å². The van der Waals surface area contributed by atoms with Crippen molar-refractivity contribution in [2.24, 2.45) is 0 Å². The maximum absolute atomic E-state index is 4.68. The van der Waals surface area contributed by atoms with Gasteiger partial charge in [-0.15, -0.1) is 35.9 Å². The predicted octanol–water partition coefficient (Wildman–Crippen LogP) is 6.05. The van der Waals surface area contributed by atoms with Crippen LogP contribution in [0.1, 0.15) is 51.7 Å². The van der Waals surface area contributed by atoms with E-state index in [1.54, 1.807) is 0 Å². The molecule has 2 aromatic carbocycles. The van der Waals surface area contributed by atoms with E-state index < -0.39 is 0 Å². The second-order valence-corrected chi connectivity index (χ2v) is 8.32. The minimum absolute atomic E-state index is 0. The number of fused-ring (bicyclic) bond motifs is 2. The molecular weight excluding hydrogens is 482 g/mol. The van der Waals surface area contributed by atoms with Gasteiger partial charge in [-0.25, -0.2) is 0 Å². The Labute approximate surface area is 164 Å². The molecule has 25 heavy (non-hydrogen) atoms. The van der Waals surface area contributed by atoms with Crippen LogP contribution in [0.25, 0.3) is 22.0 Å². The van der Waals surface area contributed by atoms with E-state index >= 15 is 0 Å². The first-order chi connectivity index (χ1) is 11.4. The van der Waals surface area contributed by atoms with E-state index in [0.717, 1.165) is 11.3 Å². The molecule has 0 N–H and O–H groups in total. The molecule has 0 bridgehead atoms. The smallest absolute Gasteiger partial charge is 0.0167 e. The van der Waals surface area contributed by atoms with Crippen molar-refractivity contribution in [1.29, 1.82) is 0 Å². The third kappa shape index (κ3) is 3.07. The van der Waals surface area contributed by atoms with Crippen molar-refractivity contribution in [2.45, 2.75) is 51.4 Å². The van der Waals surface area contributed by atoms with Gasteiger partial charge in [0.25, 0.3) is 0 Å². The zero-order chi connectivity index (χ0) is 16.9. The van der Waals surface area contributed by atoms with Crippen LogP contribution in [0.5, 0.6) is 0 Å². The van der Waals surface area contributed by atoms with E-state index in [9.17, 15) is 0 Å². The third-order valence-electron chi connectivity index (χ3n) is 5.70. The summed E-state index contributed by atoms with van der Waals surface area (Å²) in [6.45, 7) is 9.50. The number of rotatable bonds is 1. The molecule has 0 unspecified atom stereocenters. The summed E-state index contributed by atoms with van der Waals surface area (Å²) in [4.78, 5) is 4.68. The summed E-state index contributed by atoms with van der Waals surface area (Å²) in [6.07, 6.45) is 4.39. The van der Waals surface area contributed by atoms with E-state index in [4.69, 9.17) is 0 Å². The first kappa shape index (κ1) is 18.3. The Morgan fingerprint density at radius 3 is 2.24 bits per heavy atom. The van der Waals surface area contributed by atoms with E-state index in [2.05, 4.69) is 69.1 Å². The van der Waals surface area contributed by atoms with Gasteiger partial charge in [0.15, 0.2) is 0 Å². The number of benzene rings is 2. The van der Waals surface area contributed by atoms with Gasteiger partial charge in [0.2, 0.25) is 0 Å². The Morgan fingerprint density at radius 1 is 0.920 bits per heavy atom. The van der Waals surface area contributed by atoms with E-state index in [1.807, 2.05) is 18.3 Å². The Kier molecular flexibility index (Phi) is 4.64. The van der Waals surface area contributed by atoms with Crippen LogP contribution in [-0.2, 0) is 30.9 Å². The van der Waals surface area contributed by atoms with Gasteiger partial charge < -0.3 is 4.98 Å². The Bertz CT molecular complexity index is 910. The van der Waals surface area contributed by atoms with E-state index in [1.165, 1.54) is 34.7 Å². The molecule has 0 fully saturated rings. The van der Waals surface area contributed by atoms with Crippen LogP contribution >= 0.6 is 0 Å². The maximum atomic E-state index is 4.68. The fraction of sp³-hybridized carbons (Fsp3) is 0.348. The quantitative estimate of drug-likeness (QED) is 0.366. The fourth-order valence-electron chi connectivity index (χ4n) is 3.99. The normalized spacial score (nSPS) is 17.6. The second-order valence-electron chi connectivity index (χ2n) is 8.32. The van der Waals surface area contributed by atoms with Crippen LogP contribution in [0.15, 0.2) is 48.7 Å². The minimum Gasteiger partial charge on any atom is -0.304 e. The molecule has 0 aliphatic heterocycles. The van der Waals surface area contributed by atoms with Crippen LogP contribution in [-0.4, -0.2) is 4.98 Å². The van der Waals surface area contributed by atoms with Crippen molar-refractivity contribution in [3.8, 4) is 11.3 Å². The van der Waals surface area contributed by atoms with Gasteiger partial charge in [0.05, 0.1) is 0 Å². The molecule has 0 saturated heterocycles. The molecule has 0 amide bonds. The van der Waals surface area contributed by atoms with Crippen molar-refractivity contribution >= 4 is 10.8 Å². The molecule has 3 aromatic rings. The summed E-state index contributed by atoms with van der Waals surface area (Å²) >= 11 is 0. The molecular formula is C23H24IrN-. The third-order valence-corrected chi connectivity index (χ3v) is 5.70. The first-order valence-corrected chi connectivity index (χ1v) is 8.79. The molecule has 1 radical (unpaired) electrons. The Balaban J connectivity index is 0.00000182. The zero-order valence-electron chi connectivity index (χ0n) is 15.3. The van der Waals surface area contributed by atoms with E-state index in [0.29, 0.717) is 0 Å². The van der Waals surface area contributed by atoms with Crippen LogP contribution in [0.2, 0.25) is 0 Å². The van der Waals surface area contributed by atoms with Gasteiger partial charge in [-0.3, -0.25) is 0 Å². The Morgan fingerprint density at radius 2 is 1.60 bits per heavy atom. The average molecular weight is 507 g/mol. The molecule has 0 spiro atoms. The molecule has 1 aromatic heterocycles. The summed E-state index contributed by atoms with van der Waals surface area (Å²) in [5.74, 6) is 0. The van der Waals surface area contributed by atoms with Crippen molar-refractivity contribution < 1.29 is 20.1 Å². The molecule has 1 heterocycles. The van der Waals surface area contributed by atoms with Crippen molar-refractivity contribution in [1.82, 2.24) is 4.98 Å². The topological polar surface area (TPSA) is 12.9 Å². The van der Waals surface area contributed by atoms with Crippen LogP contribution < -0.4 is 0 Å². The van der Waals surface area contributed by atoms with Gasteiger partial charge in [0.1, 0.15) is 0 Å². The van der Waals surface area contributed by atoms with Gasteiger partial charge in [0, 0.05) is 26.3 Å². The standard InChI is InChI=1S/C23H24N.Ir/c1-22(2)11-12-23(3,4)20-15-18-17(14-19(20)22)10-13-24-21(18)16-8-6-5-7-9-16;/h5-8,10,13-15H,11-12H2,1-4H3;/q-1;. The van der Waals surface area contributed by atoms with Gasteiger partial charge in [-0.1, -0.05) is 39.8 Å². The van der Waals surface area contributed by atoms with Gasteiger partial charge in [-0.05, 0) is 57.3 Å². The van der Waals surface area contributed by atoms with Gasteiger partial charge >= 0.3 is 0 Å². The van der Waals surface area contributed by atoms with Crippen LogP contribution in [0.3, 0.4) is 0 Å². The molecule has 0 atom stereocenters. The summed E-state index contributed by atoms with van der Waals surface area (Å²) in [6, 6.07) is 18.4. The first-order valence-electron chi connectivity index (χ1n) is 8.79. The molecule has 4 rings (SSSR count). The second kappa shape index (κ2) is 6.34. The van der Waals surface area contributed by atoms with Gasteiger partial charge in [-0.2, -0.15) is 0 Å². The number of aromatic nitrogens is 1. The maximum Gasteiger partial charge on any atom is 0.0167 e. The van der Waals surface area contributed by atoms with Crippen LogP contribution in [0, 0.1) is 6.07 Å². The number of pyridine rings is 1. The van der Waals surface area contributed by atoms with Crippen molar-refractivity contribution in [2.75, 3.05) is 0 Å². The largest absolute Gasteiger partial charge is 0.304 e. The SMILES string of the molecule is CC1(C)CCC(C)(C)c2cc3c(-c4[c-]cccc4)nccc3cc21.[Ir]. The zero-order valence-corrected chi connectivity index (χ0v) is 17.7. The molecule has 1 aliphatic carbocycles. The monoisotopic (exact) mass is 507 g/mol. The summed E-state index contributed by atoms with van der Waals surface area (Å²) < 4.78 is 0. The fourth-order valence-corrected chi connectivity index (χ4v) is 3.99. The molecule has 1 aliphatic rings. The van der Waals surface area contributed by atoms with E-state index in [-0.39, 0.29) is 30.9 Å². The summed E-state index contributed by atoms with van der Waals surface area (Å²) in [5.41, 5.74) is 5.54. The molecule has 1 nitrogen and oxygen atoms in total. The average Bonchev–Trinajstić information content (AvgIpc) is 2.58. The Hall–Kier alpha value is -1.50. The minimum atomic E-state index is 0. The molecule has 0 saturated carbocycles. The molecule has 131 valence electrons. The van der Waals surface area contributed by atoms with Crippen molar-refractivity contribution in [3.05, 3.63) is 65.9 Å². The molecule has 2 heteroatoms. The number of nitrogens with zero attached hydrogens (tertiary/aromatic N) is 1. The predicted molar refractivity (Wildman–Crippen MR) is 101 cm³/mol. The summed E-state index contributed by atoms with van der Waals surface area (Å²) in [7, 11) is 0. The van der Waals surface area contributed by atoms with Crippen LogP contribution in [0.4, 0.5) is 0 Å². The number of hydrogen-bond donors (Lipinski definition) is 0.